The second kappa shape index (κ2) is 8.10. The number of benzene rings is 1. The molecular weight excluding hydrogens is 178 g/mol. The molecule has 78 valence electrons. The maximum absolute atomic E-state index is 10.2. The van der Waals surface area contributed by atoms with Gasteiger partial charge in [-0.1, -0.05) is 26.0 Å². The van der Waals surface area contributed by atoms with Crippen molar-refractivity contribution >= 4 is 12.1 Å². The zero-order valence-electron chi connectivity index (χ0n) is 8.91. The fourth-order valence-electron chi connectivity index (χ4n) is 0.931. The third-order valence-corrected chi connectivity index (χ3v) is 1.40. The maximum Gasteiger partial charge on any atom is 0.211 e. The number of anilines is 1. The normalized spacial score (nSPS) is 8.21. The van der Waals surface area contributed by atoms with Crippen molar-refractivity contribution in [2.45, 2.75) is 20.8 Å². The molecule has 0 unspecified atom stereocenters. The second-order valence-electron chi connectivity index (χ2n) is 2.19. The average molecular weight is 195 g/mol. The van der Waals surface area contributed by atoms with Gasteiger partial charge in [-0.15, -0.1) is 0 Å². The van der Waals surface area contributed by atoms with Gasteiger partial charge in [0.1, 0.15) is 5.75 Å². The highest BCUT2D eigenvalue weighted by molar-refractivity contribution is 5.75. The van der Waals surface area contributed by atoms with Gasteiger partial charge in [0.05, 0.1) is 12.3 Å². The van der Waals surface area contributed by atoms with Crippen LogP contribution in [0.2, 0.25) is 0 Å². The van der Waals surface area contributed by atoms with Crippen LogP contribution in [0.15, 0.2) is 24.3 Å². The van der Waals surface area contributed by atoms with Gasteiger partial charge >= 0.3 is 0 Å². The van der Waals surface area contributed by atoms with E-state index in [-0.39, 0.29) is 0 Å². The summed E-state index contributed by atoms with van der Waals surface area (Å²) in [6.45, 7) is 6.50. The summed E-state index contributed by atoms with van der Waals surface area (Å²) in [4.78, 5) is 10.2. The Bertz CT molecular complexity index is 261. The van der Waals surface area contributed by atoms with Gasteiger partial charge in [0.2, 0.25) is 6.41 Å². The molecule has 3 heteroatoms. The fourth-order valence-corrected chi connectivity index (χ4v) is 0.931. The molecule has 1 amide bonds. The van der Waals surface area contributed by atoms with E-state index in [1.54, 1.807) is 6.07 Å². The quantitative estimate of drug-likeness (QED) is 0.750. The molecule has 1 aromatic carbocycles. The van der Waals surface area contributed by atoms with E-state index in [0.717, 1.165) is 0 Å². The second-order valence-corrected chi connectivity index (χ2v) is 2.19. The molecule has 1 N–H and O–H groups in total. The van der Waals surface area contributed by atoms with Gasteiger partial charge in [-0.3, -0.25) is 4.79 Å². The Morgan fingerprint density at radius 2 is 2.00 bits per heavy atom. The van der Waals surface area contributed by atoms with Gasteiger partial charge in [0.25, 0.3) is 0 Å². The molecule has 0 spiro atoms. The first kappa shape index (κ1) is 12.5. The predicted molar refractivity (Wildman–Crippen MR) is 58.6 cm³/mol. The summed E-state index contributed by atoms with van der Waals surface area (Å²) in [5.41, 5.74) is 0.703. The third-order valence-electron chi connectivity index (χ3n) is 1.40. The van der Waals surface area contributed by atoms with E-state index >= 15 is 0 Å². The SMILES string of the molecule is CC.CCOc1ccccc1NC=O. The van der Waals surface area contributed by atoms with E-state index in [9.17, 15) is 4.79 Å². The highest BCUT2D eigenvalue weighted by Gasteiger charge is 1.98. The minimum atomic E-state index is 0.595. The van der Waals surface area contributed by atoms with Crippen molar-refractivity contribution in [2.75, 3.05) is 11.9 Å². The molecule has 0 heterocycles. The van der Waals surface area contributed by atoms with E-state index in [1.807, 2.05) is 39.0 Å². The minimum Gasteiger partial charge on any atom is -0.492 e. The molecule has 0 aliphatic rings. The minimum absolute atomic E-state index is 0.595. The molecule has 1 aromatic rings. The summed E-state index contributed by atoms with van der Waals surface area (Å²) in [6.07, 6.45) is 0.637. The molecule has 1 rings (SSSR count). The first-order valence-electron chi connectivity index (χ1n) is 4.80. The number of carbonyl (C=O) groups excluding carboxylic acids is 1. The van der Waals surface area contributed by atoms with E-state index < -0.39 is 0 Å². The highest BCUT2D eigenvalue weighted by Crippen LogP contribution is 2.22. The predicted octanol–water partition coefficient (Wildman–Crippen LogP) is 2.68. The molecule has 0 atom stereocenters. The first-order chi connectivity index (χ1) is 6.88. The van der Waals surface area contributed by atoms with Gasteiger partial charge in [0, 0.05) is 0 Å². The summed E-state index contributed by atoms with van der Waals surface area (Å²) < 4.78 is 5.27. The molecule has 0 fully saturated rings. The Morgan fingerprint density at radius 1 is 1.36 bits per heavy atom. The van der Waals surface area contributed by atoms with Gasteiger partial charge in [-0.25, -0.2) is 0 Å². The van der Waals surface area contributed by atoms with Crippen molar-refractivity contribution in [3.63, 3.8) is 0 Å². The fraction of sp³-hybridized carbons (Fsp3) is 0.364. The van der Waals surface area contributed by atoms with Crippen LogP contribution >= 0.6 is 0 Å². The number of rotatable bonds is 4. The molecule has 3 nitrogen and oxygen atoms in total. The number of carbonyl (C=O) groups is 1. The van der Waals surface area contributed by atoms with Crippen LogP contribution in [0.5, 0.6) is 5.75 Å². The van der Waals surface area contributed by atoms with Crippen molar-refractivity contribution in [3.8, 4) is 5.75 Å². The maximum atomic E-state index is 10.2. The van der Waals surface area contributed by atoms with E-state index in [4.69, 9.17) is 4.74 Å². The summed E-state index contributed by atoms with van der Waals surface area (Å²) in [5, 5.41) is 2.56. The zero-order valence-corrected chi connectivity index (χ0v) is 8.91. The molecule has 0 bridgehead atoms. The van der Waals surface area contributed by atoms with Crippen LogP contribution in [0.1, 0.15) is 20.8 Å². The van der Waals surface area contributed by atoms with Crippen LogP contribution in [0.25, 0.3) is 0 Å². The molecule has 0 aromatic heterocycles. The molecule has 14 heavy (non-hydrogen) atoms. The summed E-state index contributed by atoms with van der Waals surface area (Å²) in [7, 11) is 0. The lowest BCUT2D eigenvalue weighted by atomic mass is 10.3. The zero-order chi connectivity index (χ0) is 10.8. The van der Waals surface area contributed by atoms with Crippen LogP contribution in [0.3, 0.4) is 0 Å². The van der Waals surface area contributed by atoms with Crippen LogP contribution in [-0.4, -0.2) is 13.0 Å². The number of nitrogens with one attached hydrogen (secondary N) is 1. The summed E-state index contributed by atoms with van der Waals surface area (Å²) in [5.74, 6) is 0.701. The van der Waals surface area contributed by atoms with E-state index in [1.165, 1.54) is 0 Å². The number of para-hydroxylation sites is 2. The highest BCUT2D eigenvalue weighted by atomic mass is 16.5. The Labute approximate surface area is 85.1 Å². The van der Waals surface area contributed by atoms with Crippen molar-refractivity contribution in [3.05, 3.63) is 24.3 Å². The first-order valence-corrected chi connectivity index (χ1v) is 4.80. The van der Waals surface area contributed by atoms with Gasteiger partial charge in [0.15, 0.2) is 0 Å². The van der Waals surface area contributed by atoms with Crippen molar-refractivity contribution < 1.29 is 9.53 Å². The molecule has 0 aliphatic carbocycles. The lowest BCUT2D eigenvalue weighted by Gasteiger charge is -2.07. The Hall–Kier alpha value is -1.51. The van der Waals surface area contributed by atoms with Crippen LogP contribution < -0.4 is 10.1 Å². The Kier molecular flexibility index (Phi) is 7.23. The molecule has 0 saturated heterocycles. The molecule has 0 radical (unpaired) electrons. The Morgan fingerprint density at radius 3 is 2.57 bits per heavy atom. The monoisotopic (exact) mass is 195 g/mol. The molecule has 0 aliphatic heterocycles. The van der Waals surface area contributed by atoms with E-state index in [2.05, 4.69) is 5.32 Å². The largest absolute Gasteiger partial charge is 0.492 e. The van der Waals surface area contributed by atoms with Crippen molar-refractivity contribution in [2.24, 2.45) is 0 Å². The van der Waals surface area contributed by atoms with Gasteiger partial charge in [-0.05, 0) is 19.1 Å². The van der Waals surface area contributed by atoms with Crippen LogP contribution in [0, 0.1) is 0 Å². The van der Waals surface area contributed by atoms with Gasteiger partial charge < -0.3 is 10.1 Å². The number of hydrogen-bond donors (Lipinski definition) is 1. The molecule has 0 saturated carbocycles. The van der Waals surface area contributed by atoms with Gasteiger partial charge in [-0.2, -0.15) is 0 Å². The van der Waals surface area contributed by atoms with Crippen LogP contribution in [-0.2, 0) is 4.79 Å². The Balaban J connectivity index is 0.000000791. The summed E-state index contributed by atoms with van der Waals surface area (Å²) in [6, 6.07) is 7.31. The standard InChI is InChI=1S/C9H11NO2.C2H6/c1-2-12-9-6-4-3-5-8(9)10-7-11;1-2/h3-7H,2H2,1H3,(H,10,11);1-2H3. The van der Waals surface area contributed by atoms with Crippen LogP contribution in [0.4, 0.5) is 5.69 Å². The summed E-state index contributed by atoms with van der Waals surface area (Å²) >= 11 is 0. The lowest BCUT2D eigenvalue weighted by molar-refractivity contribution is -0.105. The number of hydrogen-bond acceptors (Lipinski definition) is 2. The molecular formula is C11H17NO2. The smallest absolute Gasteiger partial charge is 0.211 e. The lowest BCUT2D eigenvalue weighted by Crippen LogP contribution is -1.99. The van der Waals surface area contributed by atoms with E-state index in [0.29, 0.717) is 24.5 Å². The number of amides is 1. The van der Waals surface area contributed by atoms with Crippen molar-refractivity contribution in [1.29, 1.82) is 0 Å². The van der Waals surface area contributed by atoms with Crippen molar-refractivity contribution in [1.82, 2.24) is 0 Å². The topological polar surface area (TPSA) is 38.3 Å². The average Bonchev–Trinajstić information content (AvgIpc) is 2.25. The third kappa shape index (κ3) is 3.94. The number of ether oxygens (including phenoxy) is 1.